The molecular weight excluding hydrogens is 829 g/mol. The van der Waals surface area contributed by atoms with Gasteiger partial charge in [-0.25, -0.2) is 0 Å². The summed E-state index contributed by atoms with van der Waals surface area (Å²) in [6, 6.07) is 2.72. The van der Waals surface area contributed by atoms with Crippen LogP contribution in [0.1, 0.15) is 42.5 Å². The highest BCUT2D eigenvalue weighted by Gasteiger charge is 2.80. The van der Waals surface area contributed by atoms with Crippen LogP contribution in [0, 0.1) is 13.8 Å². The smallest absolute Gasteiger partial charge is 0.358 e. The monoisotopic (exact) mass is 854 g/mol. The number of nitrogens with zero attached hydrogens (tertiary/aromatic N) is 2. The van der Waals surface area contributed by atoms with E-state index in [-0.39, 0.29) is 32.7 Å². The van der Waals surface area contributed by atoms with E-state index in [0.29, 0.717) is 9.75 Å². The molecule has 53 heavy (non-hydrogen) atoms. The summed E-state index contributed by atoms with van der Waals surface area (Å²) in [6.07, 6.45) is 14.5. The number of hydrogen-bond acceptors (Lipinski definition) is 8. The van der Waals surface area contributed by atoms with E-state index in [2.05, 4.69) is 0 Å². The number of thiophene rings is 2. The molecule has 0 bridgehead atoms. The normalized spacial score (nSPS) is 20.0. The molecule has 0 atom stereocenters. The van der Waals surface area contributed by atoms with Crippen LogP contribution in [0.25, 0.3) is 11.1 Å². The SMILES string of the molecule is Cc1sc(C2C=CN(C)C=C2)cc1C1=C(c2cc(C3C=CN(C)C=C3)sc2C)C(F)(F)C(F)(F)C1(F)F.O=S(=O)(O)C(F)(F)F.O=S(=O)(O)C(F)(F)F. The van der Waals surface area contributed by atoms with Crippen LogP contribution in [0.5, 0.6) is 0 Å². The predicted molar refractivity (Wildman–Crippen MR) is 173 cm³/mol. The van der Waals surface area contributed by atoms with Gasteiger partial charge in [-0.3, -0.25) is 9.11 Å². The Morgan fingerprint density at radius 2 is 0.849 bits per heavy atom. The zero-order valence-corrected chi connectivity index (χ0v) is 30.3. The highest BCUT2D eigenvalue weighted by atomic mass is 32.2. The van der Waals surface area contributed by atoms with Crippen molar-refractivity contribution in [2.24, 2.45) is 0 Å². The lowest BCUT2D eigenvalue weighted by Gasteiger charge is -2.25. The summed E-state index contributed by atoms with van der Waals surface area (Å²) in [5.41, 5.74) is -14.2. The maximum Gasteiger partial charge on any atom is 0.522 e. The van der Waals surface area contributed by atoms with E-state index in [0.717, 1.165) is 22.7 Å². The van der Waals surface area contributed by atoms with Crippen LogP contribution in [0.2, 0.25) is 0 Å². The van der Waals surface area contributed by atoms with E-state index in [9.17, 15) is 35.1 Å². The third-order valence-corrected chi connectivity index (χ3v) is 10.9. The quantitative estimate of drug-likeness (QED) is 0.178. The van der Waals surface area contributed by atoms with Crippen LogP contribution >= 0.6 is 22.7 Å². The number of aryl methyl sites for hydroxylation is 2. The Kier molecular flexibility index (Phi) is 12.3. The Morgan fingerprint density at radius 3 is 1.08 bits per heavy atom. The van der Waals surface area contributed by atoms with Gasteiger partial charge in [0.15, 0.2) is 0 Å². The van der Waals surface area contributed by atoms with Crippen molar-refractivity contribution in [1.82, 2.24) is 9.80 Å². The molecule has 0 spiro atoms. The lowest BCUT2D eigenvalue weighted by molar-refractivity contribution is -0.254. The Morgan fingerprint density at radius 1 is 0.604 bits per heavy atom. The average molecular weight is 855 g/mol. The Balaban J connectivity index is 0.000000395. The minimum Gasteiger partial charge on any atom is -0.358 e. The molecule has 0 amide bonds. The van der Waals surface area contributed by atoms with Crippen molar-refractivity contribution >= 4 is 54.1 Å². The van der Waals surface area contributed by atoms with Crippen molar-refractivity contribution in [3.05, 3.63) is 91.9 Å². The molecule has 2 aliphatic heterocycles. The standard InChI is InChI=1S/C27H24F6N2S2.2CHF3O3S/c1-15-19(13-21(36-15)17-5-9-34(3)10-6-17)23-24(26(30,31)27(32,33)25(23,28)29)20-14-22(37-16(20)2)18-7-11-35(4)12-8-18;2*2-1(3,4)8(5,6)7/h5-14,17-18H,1-4H3;2*(H,5,6,7). The second kappa shape index (κ2) is 14.7. The van der Waals surface area contributed by atoms with Gasteiger partial charge in [-0.05, 0) is 37.1 Å². The summed E-state index contributed by atoms with van der Waals surface area (Å²) >= 11 is 2.28. The summed E-state index contributed by atoms with van der Waals surface area (Å²) in [5.74, 6) is -16.2. The van der Waals surface area contributed by atoms with Crippen LogP contribution in [0.4, 0.5) is 52.7 Å². The summed E-state index contributed by atoms with van der Waals surface area (Å²) in [6.45, 7) is 3.00. The molecule has 296 valence electrons. The predicted octanol–water partition coefficient (Wildman–Crippen LogP) is 9.16. The zero-order valence-electron chi connectivity index (χ0n) is 27.0. The van der Waals surface area contributed by atoms with Crippen LogP contribution in [-0.2, 0) is 20.2 Å². The largest absolute Gasteiger partial charge is 0.522 e. The molecule has 8 nitrogen and oxygen atoms in total. The molecule has 5 rings (SSSR count). The first-order valence-corrected chi connectivity index (χ1v) is 18.6. The summed E-state index contributed by atoms with van der Waals surface area (Å²) in [5, 5.41) is 0. The van der Waals surface area contributed by atoms with Crippen molar-refractivity contribution < 1.29 is 78.6 Å². The second-order valence-corrected chi connectivity index (χ2v) is 16.7. The average Bonchev–Trinajstić information content (AvgIpc) is 3.59. The fourth-order valence-electron chi connectivity index (χ4n) is 4.79. The molecule has 0 saturated heterocycles. The van der Waals surface area contributed by atoms with E-state index >= 15 is 17.6 Å². The van der Waals surface area contributed by atoms with Crippen LogP contribution < -0.4 is 0 Å². The molecule has 1 aliphatic carbocycles. The van der Waals surface area contributed by atoms with E-state index in [1.165, 1.54) is 26.0 Å². The van der Waals surface area contributed by atoms with Crippen LogP contribution in [0.15, 0.2) is 61.2 Å². The molecule has 3 aliphatic rings. The number of allylic oxidation sites excluding steroid dienone is 6. The third-order valence-electron chi connectivity index (χ3n) is 7.44. The maximum atomic E-state index is 15.4. The zero-order chi connectivity index (χ0) is 40.9. The topological polar surface area (TPSA) is 115 Å². The van der Waals surface area contributed by atoms with E-state index in [1.54, 1.807) is 34.6 Å². The molecule has 2 aromatic heterocycles. The van der Waals surface area contributed by atoms with Gasteiger partial charge in [0.2, 0.25) is 0 Å². The minimum absolute atomic E-state index is 0.260. The van der Waals surface area contributed by atoms with Gasteiger partial charge in [0.25, 0.3) is 0 Å². The Labute approximate surface area is 302 Å². The van der Waals surface area contributed by atoms with Crippen molar-refractivity contribution in [3.63, 3.8) is 0 Å². The molecule has 0 aromatic carbocycles. The first-order chi connectivity index (χ1) is 23.8. The fourth-order valence-corrected chi connectivity index (χ4v) is 6.98. The highest BCUT2D eigenvalue weighted by molar-refractivity contribution is 7.86. The van der Waals surface area contributed by atoms with Crippen LogP contribution in [-0.4, -0.2) is 78.6 Å². The maximum absolute atomic E-state index is 15.4. The molecule has 0 radical (unpaired) electrons. The molecule has 0 saturated carbocycles. The third kappa shape index (κ3) is 8.98. The number of rotatable bonds is 4. The first-order valence-electron chi connectivity index (χ1n) is 14.1. The van der Waals surface area contributed by atoms with E-state index in [1.807, 2.05) is 38.4 Å². The number of alkyl halides is 12. The molecule has 4 heterocycles. The molecule has 24 heteroatoms. The molecule has 0 unspecified atom stereocenters. The van der Waals surface area contributed by atoms with Gasteiger partial charge in [0, 0.05) is 81.4 Å². The first kappa shape index (κ1) is 44.1. The highest BCUT2D eigenvalue weighted by Crippen LogP contribution is 2.66. The van der Waals surface area contributed by atoms with Gasteiger partial charge in [0.1, 0.15) is 0 Å². The van der Waals surface area contributed by atoms with Crippen LogP contribution in [0.3, 0.4) is 0 Å². The minimum atomic E-state index is -5.84. The molecular formula is C29H26F12N2O6S4. The lowest BCUT2D eigenvalue weighted by Crippen LogP contribution is -2.48. The molecule has 2 aromatic rings. The van der Waals surface area contributed by atoms with Crippen molar-refractivity contribution in [2.75, 3.05) is 14.1 Å². The number of halogens is 12. The van der Waals surface area contributed by atoms with Gasteiger partial charge in [0.05, 0.1) is 0 Å². The van der Waals surface area contributed by atoms with E-state index in [4.69, 9.17) is 25.9 Å². The summed E-state index contributed by atoms with van der Waals surface area (Å²) < 4.78 is 206. The summed E-state index contributed by atoms with van der Waals surface area (Å²) in [7, 11) is -8.04. The second-order valence-electron chi connectivity index (χ2n) is 11.3. The molecule has 2 N–H and O–H groups in total. The Bertz CT molecular complexity index is 1900. The summed E-state index contributed by atoms with van der Waals surface area (Å²) in [4.78, 5) is 5.39. The van der Waals surface area contributed by atoms with Crippen molar-refractivity contribution in [1.29, 1.82) is 0 Å². The Hall–Kier alpha value is -3.32. The van der Waals surface area contributed by atoms with Gasteiger partial charge in [-0.15, -0.1) is 22.7 Å². The van der Waals surface area contributed by atoms with Gasteiger partial charge >= 0.3 is 49.0 Å². The van der Waals surface area contributed by atoms with Gasteiger partial charge in [-0.2, -0.15) is 69.5 Å². The van der Waals surface area contributed by atoms with Gasteiger partial charge < -0.3 is 9.80 Å². The number of hydrogen-bond donors (Lipinski definition) is 2. The fraction of sp³-hybridized carbons (Fsp3) is 0.379. The van der Waals surface area contributed by atoms with Crippen molar-refractivity contribution in [3.8, 4) is 0 Å². The van der Waals surface area contributed by atoms with Gasteiger partial charge in [-0.1, -0.05) is 24.3 Å². The lowest BCUT2D eigenvalue weighted by atomic mass is 9.93. The molecule has 0 fully saturated rings. The van der Waals surface area contributed by atoms with Crippen molar-refractivity contribution in [2.45, 2.75) is 54.5 Å². The van der Waals surface area contributed by atoms with E-state index < -0.39 is 60.2 Å².